The number of nitrogens with one attached hydrogen (secondary N) is 4. The highest BCUT2D eigenvalue weighted by atomic mass is 16.5. The zero-order valence-corrected chi connectivity index (χ0v) is 32.7. The molecule has 0 spiro atoms. The Morgan fingerprint density at radius 2 is 0.833 bits per heavy atom. The van der Waals surface area contributed by atoms with Gasteiger partial charge in [-0.3, -0.25) is 19.2 Å². The molecule has 4 N–H and O–H groups in total. The van der Waals surface area contributed by atoms with Crippen molar-refractivity contribution >= 4 is 68.4 Å². The molecule has 12 heteroatoms. The first-order valence-corrected chi connectivity index (χ1v) is 19.9. The summed E-state index contributed by atoms with van der Waals surface area (Å²) in [6, 6.07) is 40.5. The molecule has 0 saturated carbocycles. The standard InChI is InChI=1S/C48H42N6O6/c55-43-22-5-7-28-59-37-26-24-31-12-1-3-16-35(31)45(37)46-36-17-4-2-13-32(36)25-27-38(46)60-29-8-6-23-44(56)52-40-19-11-21-42(50-40)54-48(58)34-15-9-14-33(30-34)47(57)53-41-20-10-18-39(49-41)51-43/h1-4,9-21,24-27,30H,5-8,22-23,28-29H2,(H2,49,51,53,55,57)(H2,50,52,54,56,58). The Balaban J connectivity index is 1.06. The van der Waals surface area contributed by atoms with E-state index in [-0.39, 0.29) is 59.1 Å². The lowest BCUT2D eigenvalue weighted by atomic mass is 9.92. The summed E-state index contributed by atoms with van der Waals surface area (Å²) in [5.74, 6) is 1.03. The smallest absolute Gasteiger partial charge is 0.256 e. The SMILES string of the molecule is O=C1CCCCOc2ccc3ccccc3c2-c2c(ccc3ccccc23)OCCCCC(=O)Nc2cccc(n2)NC(=O)c2cccc(c2)C(=O)Nc2cccc(n2)N1. The molecule has 8 rings (SSSR count). The molecule has 4 amide bonds. The molecule has 5 aromatic carbocycles. The maximum atomic E-state index is 13.2. The number of nitrogens with zero attached hydrogens (tertiary/aromatic N) is 2. The lowest BCUT2D eigenvalue weighted by Gasteiger charge is -2.20. The van der Waals surface area contributed by atoms with Crippen molar-refractivity contribution in [2.24, 2.45) is 0 Å². The maximum absolute atomic E-state index is 13.2. The molecule has 0 saturated heterocycles. The number of carbonyl (C=O) groups is 4. The average Bonchev–Trinajstić information content (AvgIpc) is 3.26. The van der Waals surface area contributed by atoms with Crippen LogP contribution in [0.25, 0.3) is 32.7 Å². The zero-order chi connectivity index (χ0) is 41.3. The van der Waals surface area contributed by atoms with E-state index in [1.54, 1.807) is 54.6 Å². The third-order valence-electron chi connectivity index (χ3n) is 10.0. The van der Waals surface area contributed by atoms with Gasteiger partial charge in [0.15, 0.2) is 0 Å². The van der Waals surface area contributed by atoms with Gasteiger partial charge in [0.25, 0.3) is 11.8 Å². The molecule has 60 heavy (non-hydrogen) atoms. The van der Waals surface area contributed by atoms with E-state index in [1.165, 1.54) is 6.07 Å². The number of hydrogen-bond donors (Lipinski definition) is 4. The van der Waals surface area contributed by atoms with Crippen molar-refractivity contribution in [1.29, 1.82) is 0 Å². The number of benzene rings is 5. The highest BCUT2D eigenvalue weighted by molar-refractivity contribution is 6.10. The van der Waals surface area contributed by atoms with Gasteiger partial charge < -0.3 is 30.7 Å². The predicted molar refractivity (Wildman–Crippen MR) is 234 cm³/mol. The molecular formula is C48H42N6O6. The summed E-state index contributed by atoms with van der Waals surface area (Å²) in [6.45, 7) is 0.758. The fourth-order valence-electron chi connectivity index (χ4n) is 7.14. The monoisotopic (exact) mass is 798 g/mol. The molecule has 1 aliphatic heterocycles. The van der Waals surface area contributed by atoms with Gasteiger partial charge in [0.2, 0.25) is 11.8 Å². The van der Waals surface area contributed by atoms with Gasteiger partial charge in [0.1, 0.15) is 34.8 Å². The van der Waals surface area contributed by atoms with Crippen LogP contribution >= 0.6 is 0 Å². The first-order valence-electron chi connectivity index (χ1n) is 19.9. The van der Waals surface area contributed by atoms with Gasteiger partial charge in [0, 0.05) is 35.1 Å². The Morgan fingerprint density at radius 1 is 0.417 bits per heavy atom. The molecule has 0 aliphatic carbocycles. The van der Waals surface area contributed by atoms with E-state index in [1.807, 2.05) is 48.5 Å². The minimum Gasteiger partial charge on any atom is -0.493 e. The van der Waals surface area contributed by atoms with Crippen molar-refractivity contribution in [3.63, 3.8) is 0 Å². The number of fused-ring (bicyclic) bond motifs is 13. The van der Waals surface area contributed by atoms with Crippen LogP contribution in [0.5, 0.6) is 11.5 Å². The quantitative estimate of drug-likeness (QED) is 0.118. The number of amides is 4. The molecule has 300 valence electrons. The molecule has 7 aromatic rings. The summed E-state index contributed by atoms with van der Waals surface area (Å²) in [6.07, 6.45) is 2.85. The fraction of sp³-hybridized carbons (Fsp3) is 0.167. The Bertz CT molecular complexity index is 2550. The van der Waals surface area contributed by atoms with Gasteiger partial charge >= 0.3 is 0 Å². The van der Waals surface area contributed by atoms with E-state index in [4.69, 9.17) is 9.47 Å². The number of hydrogen-bond acceptors (Lipinski definition) is 8. The molecule has 3 heterocycles. The van der Waals surface area contributed by atoms with Crippen LogP contribution in [0.1, 0.15) is 59.2 Å². The van der Waals surface area contributed by atoms with E-state index in [0.717, 1.165) is 32.7 Å². The molecule has 1 aliphatic rings. The van der Waals surface area contributed by atoms with Crippen LogP contribution < -0.4 is 30.7 Å². The van der Waals surface area contributed by atoms with Gasteiger partial charge in [0.05, 0.1) is 13.2 Å². The summed E-state index contributed by atoms with van der Waals surface area (Å²) in [7, 11) is 0. The number of ether oxygens (including phenoxy) is 2. The molecule has 6 bridgehead atoms. The second-order valence-corrected chi connectivity index (χ2v) is 14.3. The van der Waals surface area contributed by atoms with Crippen molar-refractivity contribution in [3.8, 4) is 22.6 Å². The van der Waals surface area contributed by atoms with Crippen LogP contribution in [-0.2, 0) is 9.59 Å². The Hall–Kier alpha value is -7.60. The Labute approximate surface area is 346 Å². The van der Waals surface area contributed by atoms with Crippen molar-refractivity contribution in [3.05, 3.63) is 145 Å². The van der Waals surface area contributed by atoms with E-state index in [2.05, 4.69) is 55.5 Å². The highest BCUT2D eigenvalue weighted by Crippen LogP contribution is 2.45. The normalized spacial score (nSPS) is 14.7. The highest BCUT2D eigenvalue weighted by Gasteiger charge is 2.20. The third-order valence-corrected chi connectivity index (χ3v) is 10.0. The number of aromatic nitrogens is 2. The molecule has 12 nitrogen and oxygen atoms in total. The van der Waals surface area contributed by atoms with Crippen molar-refractivity contribution in [2.45, 2.75) is 38.5 Å². The van der Waals surface area contributed by atoms with Crippen molar-refractivity contribution in [1.82, 2.24) is 9.97 Å². The van der Waals surface area contributed by atoms with E-state index < -0.39 is 11.8 Å². The zero-order valence-electron chi connectivity index (χ0n) is 32.7. The van der Waals surface area contributed by atoms with Gasteiger partial charge in [-0.1, -0.05) is 78.9 Å². The molecule has 0 fully saturated rings. The van der Waals surface area contributed by atoms with Crippen LogP contribution in [0.15, 0.2) is 133 Å². The minimum atomic E-state index is -0.489. The summed E-state index contributed by atoms with van der Waals surface area (Å²) in [5.41, 5.74) is 2.29. The predicted octanol–water partition coefficient (Wildman–Crippen LogP) is 9.64. The minimum absolute atomic E-state index is 0.218. The first-order chi connectivity index (χ1) is 29.4. The summed E-state index contributed by atoms with van der Waals surface area (Å²) < 4.78 is 13.0. The molecule has 0 unspecified atom stereocenters. The molecule has 0 radical (unpaired) electrons. The second kappa shape index (κ2) is 18.3. The van der Waals surface area contributed by atoms with Gasteiger partial charge in [-0.05, 0) is 102 Å². The number of anilines is 4. The van der Waals surface area contributed by atoms with Crippen LogP contribution in [0.2, 0.25) is 0 Å². The van der Waals surface area contributed by atoms with Crippen molar-refractivity contribution in [2.75, 3.05) is 34.5 Å². The van der Waals surface area contributed by atoms with Crippen LogP contribution in [-0.4, -0.2) is 46.8 Å². The fourth-order valence-corrected chi connectivity index (χ4v) is 7.14. The second-order valence-electron chi connectivity index (χ2n) is 14.3. The number of pyridine rings is 2. The van der Waals surface area contributed by atoms with E-state index in [9.17, 15) is 19.2 Å². The molecular weight excluding hydrogens is 757 g/mol. The lowest BCUT2D eigenvalue weighted by Crippen LogP contribution is -2.18. The summed E-state index contributed by atoms with van der Waals surface area (Å²) >= 11 is 0. The maximum Gasteiger partial charge on any atom is 0.256 e. The Kier molecular flexibility index (Phi) is 12.0. The van der Waals surface area contributed by atoms with Crippen molar-refractivity contribution < 1.29 is 28.7 Å². The number of carbonyl (C=O) groups excluding carboxylic acids is 4. The van der Waals surface area contributed by atoms with Gasteiger partial charge in [-0.2, -0.15) is 0 Å². The van der Waals surface area contributed by atoms with Crippen LogP contribution in [0, 0.1) is 0 Å². The lowest BCUT2D eigenvalue weighted by molar-refractivity contribution is -0.117. The van der Waals surface area contributed by atoms with Crippen LogP contribution in [0.4, 0.5) is 23.3 Å². The largest absolute Gasteiger partial charge is 0.493 e. The van der Waals surface area contributed by atoms with E-state index in [0.29, 0.717) is 50.4 Å². The third kappa shape index (κ3) is 9.40. The molecule has 2 aromatic heterocycles. The first kappa shape index (κ1) is 39.2. The molecule has 0 atom stereocenters. The summed E-state index contributed by atoms with van der Waals surface area (Å²) in [4.78, 5) is 61.2. The average molecular weight is 799 g/mol. The van der Waals surface area contributed by atoms with E-state index >= 15 is 0 Å². The number of rotatable bonds is 0. The van der Waals surface area contributed by atoms with Gasteiger partial charge in [-0.15, -0.1) is 0 Å². The van der Waals surface area contributed by atoms with Gasteiger partial charge in [-0.25, -0.2) is 9.97 Å². The van der Waals surface area contributed by atoms with Crippen LogP contribution in [0.3, 0.4) is 0 Å². The summed E-state index contributed by atoms with van der Waals surface area (Å²) in [5, 5.41) is 15.3. The Morgan fingerprint density at radius 3 is 1.30 bits per heavy atom. The topological polar surface area (TPSA) is 161 Å².